The van der Waals surface area contributed by atoms with E-state index in [0.717, 1.165) is 0 Å². The molecule has 4 heteroatoms. The van der Waals surface area contributed by atoms with E-state index < -0.39 is 0 Å². The van der Waals surface area contributed by atoms with Crippen LogP contribution in [0.3, 0.4) is 0 Å². The summed E-state index contributed by atoms with van der Waals surface area (Å²) in [5.74, 6) is 0.0610. The molecule has 0 heterocycles. The van der Waals surface area contributed by atoms with Crippen molar-refractivity contribution in [2.75, 3.05) is 5.73 Å². The van der Waals surface area contributed by atoms with Crippen LogP contribution in [0.5, 0.6) is 5.75 Å². The standard InChI is InChI=1S/C6H6ClNO.Na.H/c7-5-3-4(8)1-2-6(5)9;;/h1-3,9H,8H2;;. The molecule has 2 nitrogen and oxygen atoms in total. The third-order valence-electron chi connectivity index (χ3n) is 0.972. The zero-order valence-electron chi connectivity index (χ0n) is 4.63. The molecule has 10 heavy (non-hydrogen) atoms. The monoisotopic (exact) mass is 167 g/mol. The number of aromatic hydroxyl groups is 1. The van der Waals surface area contributed by atoms with Crippen LogP contribution < -0.4 is 5.73 Å². The van der Waals surface area contributed by atoms with Gasteiger partial charge in [0.1, 0.15) is 5.75 Å². The average molecular weight is 168 g/mol. The summed E-state index contributed by atoms with van der Waals surface area (Å²) >= 11 is 5.48. The van der Waals surface area contributed by atoms with Crippen molar-refractivity contribution in [1.29, 1.82) is 0 Å². The van der Waals surface area contributed by atoms with E-state index in [9.17, 15) is 0 Å². The molecule has 0 aliphatic rings. The molecule has 0 unspecified atom stereocenters. The molecule has 1 aromatic carbocycles. The van der Waals surface area contributed by atoms with Crippen LogP contribution in [-0.4, -0.2) is 34.7 Å². The number of benzene rings is 1. The Morgan fingerprint density at radius 1 is 1.40 bits per heavy atom. The van der Waals surface area contributed by atoms with E-state index >= 15 is 0 Å². The van der Waals surface area contributed by atoms with Crippen molar-refractivity contribution < 1.29 is 5.11 Å². The first-order valence-corrected chi connectivity index (χ1v) is 2.82. The molecule has 0 saturated carbocycles. The summed E-state index contributed by atoms with van der Waals surface area (Å²) in [5, 5.41) is 9.14. The molecule has 0 atom stereocenters. The number of hydrogen-bond donors (Lipinski definition) is 2. The maximum absolute atomic E-state index is 8.86. The minimum atomic E-state index is 0. The summed E-state index contributed by atoms with van der Waals surface area (Å²) in [6.07, 6.45) is 0. The third kappa shape index (κ3) is 2.39. The first-order valence-electron chi connectivity index (χ1n) is 2.44. The Kier molecular flexibility index (Phi) is 4.13. The number of phenolic OH excluding ortho intramolecular Hbond substituents is 1. The van der Waals surface area contributed by atoms with E-state index in [0.29, 0.717) is 5.69 Å². The third-order valence-corrected chi connectivity index (χ3v) is 1.27. The Morgan fingerprint density at radius 2 is 2.00 bits per heavy atom. The Morgan fingerprint density at radius 3 is 2.40 bits per heavy atom. The van der Waals surface area contributed by atoms with Gasteiger partial charge in [-0.2, -0.15) is 0 Å². The second-order valence-electron chi connectivity index (χ2n) is 1.71. The Balaban J connectivity index is 0.000000810. The van der Waals surface area contributed by atoms with Crippen LogP contribution in [0, 0.1) is 0 Å². The topological polar surface area (TPSA) is 46.2 Å². The molecule has 0 amide bonds. The first-order chi connectivity index (χ1) is 4.20. The summed E-state index contributed by atoms with van der Waals surface area (Å²) in [6.45, 7) is 0. The van der Waals surface area contributed by atoms with Gasteiger partial charge in [-0.1, -0.05) is 11.6 Å². The Bertz CT molecular complexity index is 229. The van der Waals surface area contributed by atoms with Crippen molar-refractivity contribution >= 4 is 46.8 Å². The van der Waals surface area contributed by atoms with Crippen molar-refractivity contribution in [3.05, 3.63) is 23.2 Å². The number of halogens is 1. The van der Waals surface area contributed by atoms with E-state index in [-0.39, 0.29) is 40.3 Å². The molecule has 0 saturated heterocycles. The van der Waals surface area contributed by atoms with Crippen molar-refractivity contribution in [2.24, 2.45) is 0 Å². The van der Waals surface area contributed by atoms with Crippen LogP contribution in [0.25, 0.3) is 0 Å². The van der Waals surface area contributed by atoms with E-state index in [4.69, 9.17) is 22.4 Å². The normalized spacial score (nSPS) is 8.50. The van der Waals surface area contributed by atoms with E-state index in [1.807, 2.05) is 0 Å². The van der Waals surface area contributed by atoms with Gasteiger partial charge in [0.15, 0.2) is 0 Å². The predicted molar refractivity (Wildman–Crippen MR) is 44.7 cm³/mol. The van der Waals surface area contributed by atoms with Gasteiger partial charge < -0.3 is 10.8 Å². The fourth-order valence-electron chi connectivity index (χ4n) is 0.523. The number of phenols is 1. The van der Waals surface area contributed by atoms with E-state index in [2.05, 4.69) is 0 Å². The van der Waals surface area contributed by atoms with Gasteiger partial charge in [-0.3, -0.25) is 0 Å². The Hall–Kier alpha value is 0.110. The van der Waals surface area contributed by atoms with Gasteiger partial charge >= 0.3 is 29.6 Å². The second kappa shape index (κ2) is 4.09. The molecule has 50 valence electrons. The molecule has 0 bridgehead atoms. The maximum atomic E-state index is 8.86. The van der Waals surface area contributed by atoms with Crippen LogP contribution in [0.15, 0.2) is 18.2 Å². The molecule has 0 aromatic heterocycles. The van der Waals surface area contributed by atoms with Gasteiger partial charge in [0.25, 0.3) is 0 Å². The fourth-order valence-corrected chi connectivity index (χ4v) is 0.712. The van der Waals surface area contributed by atoms with Crippen LogP contribution in [0.4, 0.5) is 5.69 Å². The van der Waals surface area contributed by atoms with E-state index in [1.165, 1.54) is 12.1 Å². The zero-order valence-corrected chi connectivity index (χ0v) is 5.39. The van der Waals surface area contributed by atoms with Crippen LogP contribution >= 0.6 is 11.6 Å². The van der Waals surface area contributed by atoms with Crippen molar-refractivity contribution in [3.63, 3.8) is 0 Å². The van der Waals surface area contributed by atoms with Gasteiger partial charge in [0.05, 0.1) is 5.02 Å². The molecule has 0 radical (unpaired) electrons. The predicted octanol–water partition coefficient (Wildman–Crippen LogP) is 0.979. The van der Waals surface area contributed by atoms with Crippen LogP contribution in [-0.2, 0) is 0 Å². The number of nitrogens with two attached hydrogens (primary N) is 1. The quantitative estimate of drug-likeness (QED) is 0.344. The number of anilines is 1. The number of nitrogen functional groups attached to an aromatic ring is 1. The first kappa shape index (κ1) is 10.1. The molecule has 1 aromatic rings. The molecule has 1 rings (SSSR count). The zero-order chi connectivity index (χ0) is 6.85. The molecular weight excluding hydrogens is 161 g/mol. The molecule has 3 N–H and O–H groups in total. The van der Waals surface area contributed by atoms with Crippen molar-refractivity contribution in [1.82, 2.24) is 0 Å². The van der Waals surface area contributed by atoms with Crippen LogP contribution in [0.1, 0.15) is 0 Å². The number of hydrogen-bond acceptors (Lipinski definition) is 2. The molecule has 0 aliphatic carbocycles. The van der Waals surface area contributed by atoms with E-state index in [1.54, 1.807) is 6.07 Å². The summed E-state index contributed by atoms with van der Waals surface area (Å²) < 4.78 is 0. The Labute approximate surface area is 86.3 Å². The summed E-state index contributed by atoms with van der Waals surface area (Å²) in [4.78, 5) is 0. The van der Waals surface area contributed by atoms with Gasteiger partial charge in [-0.15, -0.1) is 0 Å². The summed E-state index contributed by atoms with van der Waals surface area (Å²) in [6, 6.07) is 4.54. The second-order valence-corrected chi connectivity index (χ2v) is 2.12. The van der Waals surface area contributed by atoms with Gasteiger partial charge in [0.2, 0.25) is 0 Å². The SMILES string of the molecule is Nc1ccc(O)c(Cl)c1.[NaH]. The van der Waals surface area contributed by atoms with Gasteiger partial charge in [-0.05, 0) is 18.2 Å². The van der Waals surface area contributed by atoms with Gasteiger partial charge in [0, 0.05) is 5.69 Å². The molecule has 0 fully saturated rings. The van der Waals surface area contributed by atoms with Crippen molar-refractivity contribution in [2.45, 2.75) is 0 Å². The summed E-state index contributed by atoms with van der Waals surface area (Å²) in [5.41, 5.74) is 5.89. The summed E-state index contributed by atoms with van der Waals surface area (Å²) in [7, 11) is 0. The fraction of sp³-hybridized carbons (Fsp3) is 0. The number of rotatable bonds is 0. The average Bonchev–Trinajstić information content (AvgIpc) is 1.80. The minimum absolute atomic E-state index is 0. The molecule has 0 spiro atoms. The van der Waals surface area contributed by atoms with Crippen molar-refractivity contribution in [3.8, 4) is 5.75 Å². The van der Waals surface area contributed by atoms with Crippen LogP contribution in [0.2, 0.25) is 5.02 Å². The molecule has 0 aliphatic heterocycles. The molecular formula is C6H7ClNNaO. The van der Waals surface area contributed by atoms with Gasteiger partial charge in [-0.25, -0.2) is 0 Å².